The van der Waals surface area contributed by atoms with Gasteiger partial charge >= 0.3 is 0 Å². The van der Waals surface area contributed by atoms with Crippen LogP contribution in [0.4, 0.5) is 17.1 Å². The van der Waals surface area contributed by atoms with Gasteiger partial charge in [-0.3, -0.25) is 0 Å². The van der Waals surface area contributed by atoms with Crippen molar-refractivity contribution < 1.29 is 0 Å². The van der Waals surface area contributed by atoms with Crippen LogP contribution in [0.25, 0.3) is 0 Å². The van der Waals surface area contributed by atoms with E-state index in [1.54, 1.807) is 0 Å². The number of likely N-dealkylation sites (N-methyl/N-ethyl adjacent to an activating group) is 1. The van der Waals surface area contributed by atoms with E-state index in [-0.39, 0.29) is 0 Å². The van der Waals surface area contributed by atoms with Crippen molar-refractivity contribution in [2.24, 2.45) is 0 Å². The van der Waals surface area contributed by atoms with Gasteiger partial charge in [-0.1, -0.05) is 6.07 Å². The van der Waals surface area contributed by atoms with Gasteiger partial charge in [0, 0.05) is 19.1 Å². The fraction of sp³-hybridized carbons (Fsp3) is 0.400. The van der Waals surface area contributed by atoms with Crippen molar-refractivity contribution in [2.75, 3.05) is 36.5 Å². The number of nitrogens with one attached hydrogen (secondary N) is 1. The number of nitrogens with zero attached hydrogens (tertiary/aromatic N) is 1. The van der Waals surface area contributed by atoms with Gasteiger partial charge in [-0.25, -0.2) is 0 Å². The fourth-order valence-electron chi connectivity index (χ4n) is 1.70. The third-order valence-corrected chi connectivity index (χ3v) is 2.75. The van der Waals surface area contributed by atoms with Crippen molar-refractivity contribution in [2.45, 2.75) is 6.04 Å². The summed E-state index contributed by atoms with van der Waals surface area (Å²) in [5, 5.41) is 3.22. The molecular weight excluding hydrogens is 176 g/mol. The van der Waals surface area contributed by atoms with E-state index in [1.165, 1.54) is 0 Å². The highest BCUT2D eigenvalue weighted by Gasteiger charge is 2.26. The van der Waals surface area contributed by atoms with Crippen molar-refractivity contribution in [3.63, 3.8) is 0 Å². The van der Waals surface area contributed by atoms with Crippen LogP contribution in [0.3, 0.4) is 0 Å². The van der Waals surface area contributed by atoms with Gasteiger partial charge in [-0.15, -0.1) is 0 Å². The van der Waals surface area contributed by atoms with Crippen LogP contribution in [-0.2, 0) is 0 Å². The van der Waals surface area contributed by atoms with Crippen molar-refractivity contribution in [1.29, 1.82) is 0 Å². The summed E-state index contributed by atoms with van der Waals surface area (Å²) < 4.78 is 0. The van der Waals surface area contributed by atoms with Crippen molar-refractivity contribution in [3.8, 4) is 0 Å². The summed E-state index contributed by atoms with van der Waals surface area (Å²) in [6, 6.07) is 6.36. The molecule has 1 aliphatic rings. The maximum Gasteiger partial charge on any atom is 0.0785 e. The molecule has 4 heteroatoms. The Kier molecular flexibility index (Phi) is 2.21. The molecule has 2 rings (SSSR count). The van der Waals surface area contributed by atoms with Crippen molar-refractivity contribution in [3.05, 3.63) is 18.2 Å². The quantitative estimate of drug-likeness (QED) is 0.588. The highest BCUT2D eigenvalue weighted by atomic mass is 15.2. The van der Waals surface area contributed by atoms with Crippen LogP contribution in [0.5, 0.6) is 0 Å². The Balaban J connectivity index is 2.14. The largest absolute Gasteiger partial charge is 0.397 e. The van der Waals surface area contributed by atoms with E-state index in [4.69, 9.17) is 11.5 Å². The van der Waals surface area contributed by atoms with Gasteiger partial charge in [-0.05, 0) is 19.2 Å². The number of hydrogen-bond acceptors (Lipinski definition) is 4. The summed E-state index contributed by atoms with van der Waals surface area (Å²) in [6.45, 7) is 2.01. The lowest BCUT2D eigenvalue weighted by molar-refractivity contribution is 0.451. The van der Waals surface area contributed by atoms with Crippen LogP contribution in [0.1, 0.15) is 0 Å². The highest BCUT2D eigenvalue weighted by Crippen LogP contribution is 2.31. The number of nitrogen functional groups attached to an aromatic ring is 2. The Labute approximate surface area is 83.9 Å². The molecule has 0 saturated carbocycles. The second-order valence-corrected chi connectivity index (χ2v) is 3.67. The molecule has 1 aliphatic heterocycles. The summed E-state index contributed by atoms with van der Waals surface area (Å²) >= 11 is 0. The molecule has 0 radical (unpaired) electrons. The average Bonchev–Trinajstić information content (AvgIpc) is 2.10. The maximum absolute atomic E-state index is 5.89. The first-order valence-electron chi connectivity index (χ1n) is 4.78. The van der Waals surface area contributed by atoms with Crippen LogP contribution < -0.4 is 21.7 Å². The molecule has 0 amide bonds. The number of benzene rings is 1. The second kappa shape index (κ2) is 3.38. The summed E-state index contributed by atoms with van der Waals surface area (Å²) in [4.78, 5) is 2.23. The zero-order chi connectivity index (χ0) is 10.1. The molecule has 0 aromatic heterocycles. The van der Waals surface area contributed by atoms with Crippen LogP contribution in [-0.4, -0.2) is 26.2 Å². The molecule has 1 aromatic carbocycles. The van der Waals surface area contributed by atoms with Gasteiger partial charge in [0.15, 0.2) is 0 Å². The number of para-hydroxylation sites is 1. The summed E-state index contributed by atoms with van der Waals surface area (Å²) in [5.41, 5.74) is 14.0. The Bertz CT molecular complexity index is 331. The monoisotopic (exact) mass is 192 g/mol. The van der Waals surface area contributed by atoms with Crippen molar-refractivity contribution >= 4 is 17.1 Å². The third-order valence-electron chi connectivity index (χ3n) is 2.75. The molecule has 1 fully saturated rings. The highest BCUT2D eigenvalue weighted by molar-refractivity contribution is 5.80. The first-order valence-corrected chi connectivity index (χ1v) is 4.78. The fourth-order valence-corrected chi connectivity index (χ4v) is 1.70. The molecule has 1 aromatic rings. The molecule has 0 atom stereocenters. The Morgan fingerprint density at radius 2 is 2.07 bits per heavy atom. The smallest absolute Gasteiger partial charge is 0.0785 e. The van der Waals surface area contributed by atoms with E-state index >= 15 is 0 Å². The van der Waals surface area contributed by atoms with E-state index in [2.05, 4.69) is 10.2 Å². The normalized spacial score (nSPS) is 16.8. The molecule has 4 nitrogen and oxygen atoms in total. The van der Waals surface area contributed by atoms with E-state index in [0.29, 0.717) is 17.4 Å². The lowest BCUT2D eigenvalue weighted by Crippen LogP contribution is -2.57. The SMILES string of the molecule is CNC1CN(c2cccc(N)c2N)C1. The van der Waals surface area contributed by atoms with Gasteiger partial charge in [-0.2, -0.15) is 0 Å². The first kappa shape index (κ1) is 9.15. The van der Waals surface area contributed by atoms with Crippen LogP contribution in [0.2, 0.25) is 0 Å². The van der Waals surface area contributed by atoms with Gasteiger partial charge < -0.3 is 21.7 Å². The minimum Gasteiger partial charge on any atom is -0.397 e. The molecule has 0 bridgehead atoms. The Morgan fingerprint density at radius 3 is 2.71 bits per heavy atom. The number of anilines is 3. The zero-order valence-electron chi connectivity index (χ0n) is 8.33. The third kappa shape index (κ3) is 1.37. The van der Waals surface area contributed by atoms with Crippen LogP contribution >= 0.6 is 0 Å². The number of hydrogen-bond donors (Lipinski definition) is 3. The zero-order valence-corrected chi connectivity index (χ0v) is 8.33. The number of nitrogens with two attached hydrogens (primary N) is 2. The molecule has 1 saturated heterocycles. The van der Waals surface area contributed by atoms with Crippen molar-refractivity contribution in [1.82, 2.24) is 5.32 Å². The summed E-state index contributed by atoms with van der Waals surface area (Å²) in [6.07, 6.45) is 0. The molecule has 5 N–H and O–H groups in total. The predicted octanol–water partition coefficient (Wildman–Crippen LogP) is 0.259. The topological polar surface area (TPSA) is 67.3 Å². The van der Waals surface area contributed by atoms with Gasteiger partial charge in [0.1, 0.15) is 0 Å². The molecule has 1 heterocycles. The van der Waals surface area contributed by atoms with Gasteiger partial charge in [0.25, 0.3) is 0 Å². The maximum atomic E-state index is 5.89. The summed E-state index contributed by atoms with van der Waals surface area (Å²) in [5.74, 6) is 0. The van der Waals surface area contributed by atoms with E-state index in [1.807, 2.05) is 25.2 Å². The van der Waals surface area contributed by atoms with Gasteiger partial charge in [0.05, 0.1) is 17.1 Å². The minimum atomic E-state index is 0.579. The first-order chi connectivity index (χ1) is 6.72. The van der Waals surface area contributed by atoms with E-state index in [9.17, 15) is 0 Å². The molecular formula is C10H16N4. The average molecular weight is 192 g/mol. The number of rotatable bonds is 2. The lowest BCUT2D eigenvalue weighted by atomic mass is 10.1. The lowest BCUT2D eigenvalue weighted by Gasteiger charge is -2.41. The molecule has 14 heavy (non-hydrogen) atoms. The van der Waals surface area contributed by atoms with Crippen LogP contribution in [0, 0.1) is 0 Å². The predicted molar refractivity (Wildman–Crippen MR) is 60.3 cm³/mol. The summed E-state index contributed by atoms with van der Waals surface area (Å²) in [7, 11) is 1.98. The second-order valence-electron chi connectivity index (χ2n) is 3.67. The van der Waals surface area contributed by atoms with Gasteiger partial charge in [0.2, 0.25) is 0 Å². The molecule has 0 unspecified atom stereocenters. The van der Waals surface area contributed by atoms with E-state index in [0.717, 1.165) is 18.8 Å². The van der Waals surface area contributed by atoms with Crippen LogP contribution in [0.15, 0.2) is 18.2 Å². The Morgan fingerprint density at radius 1 is 1.36 bits per heavy atom. The molecule has 0 spiro atoms. The standard InChI is InChI=1S/C10H16N4/c1-13-7-5-14(6-7)9-4-2-3-8(11)10(9)12/h2-4,7,13H,5-6,11-12H2,1H3. The molecule has 76 valence electrons. The van der Waals surface area contributed by atoms with E-state index < -0.39 is 0 Å². The minimum absolute atomic E-state index is 0.579. The molecule has 0 aliphatic carbocycles. The Hall–Kier alpha value is -1.42.